The Hall–Kier alpha value is -3.71. The van der Waals surface area contributed by atoms with Gasteiger partial charge in [-0.05, 0) is 18.2 Å². The first-order valence-corrected chi connectivity index (χ1v) is 9.54. The van der Waals surface area contributed by atoms with Crippen molar-refractivity contribution >= 4 is 11.7 Å². The van der Waals surface area contributed by atoms with Crippen LogP contribution in [0.5, 0.6) is 0 Å². The molecule has 174 valence electrons. The van der Waals surface area contributed by atoms with E-state index in [-0.39, 0.29) is 23.6 Å². The van der Waals surface area contributed by atoms with Crippen molar-refractivity contribution in [3.63, 3.8) is 0 Å². The van der Waals surface area contributed by atoms with Crippen molar-refractivity contribution in [2.75, 3.05) is 18.4 Å². The summed E-state index contributed by atoms with van der Waals surface area (Å²) in [5.74, 6) is -5.11. The number of carbonyl (C=O) groups is 1. The van der Waals surface area contributed by atoms with Crippen LogP contribution in [0.2, 0.25) is 0 Å². The molecule has 1 atom stereocenters. The summed E-state index contributed by atoms with van der Waals surface area (Å²) >= 11 is 0. The third-order valence-corrected chi connectivity index (χ3v) is 5.05. The normalized spacial score (nSPS) is 17.9. The van der Waals surface area contributed by atoms with Crippen LogP contribution in [-0.2, 0) is 6.18 Å². The predicted octanol–water partition coefficient (Wildman–Crippen LogP) is 3.18. The van der Waals surface area contributed by atoms with Gasteiger partial charge in [0.25, 0.3) is 11.8 Å². The van der Waals surface area contributed by atoms with Gasteiger partial charge in [-0.15, -0.1) is 0 Å². The van der Waals surface area contributed by atoms with E-state index in [9.17, 15) is 31.1 Å². The van der Waals surface area contributed by atoms with Crippen molar-refractivity contribution in [2.45, 2.75) is 24.6 Å². The largest absolute Gasteiger partial charge is 0.434 e. The molecule has 8 nitrogen and oxygen atoms in total. The highest BCUT2D eigenvalue weighted by Gasteiger charge is 2.51. The number of hydrogen-bond donors (Lipinski definition) is 1. The average molecular weight is 471 g/mol. The Kier molecular flexibility index (Phi) is 5.68. The van der Waals surface area contributed by atoms with Crippen LogP contribution in [0.1, 0.15) is 22.5 Å². The minimum Gasteiger partial charge on any atom is -0.366 e. The number of nitrogens with one attached hydrogen (secondary N) is 1. The van der Waals surface area contributed by atoms with Gasteiger partial charge in [0.15, 0.2) is 5.69 Å². The zero-order valence-corrected chi connectivity index (χ0v) is 16.6. The van der Waals surface area contributed by atoms with E-state index in [0.29, 0.717) is 6.20 Å². The SMILES string of the molecule is O=C(c1cc(F)ccc1-n1nccn1)N1CCC(F)(F)C1CNc1cnc(C(F)(F)F)cn1. The molecular weight excluding hydrogens is 456 g/mol. The first-order chi connectivity index (χ1) is 15.6. The number of carbonyl (C=O) groups excluding carboxylic acids is 1. The van der Waals surface area contributed by atoms with E-state index in [4.69, 9.17) is 0 Å². The highest BCUT2D eigenvalue weighted by atomic mass is 19.4. The van der Waals surface area contributed by atoms with Gasteiger partial charge >= 0.3 is 6.18 Å². The fraction of sp³-hybridized carbons (Fsp3) is 0.316. The van der Waals surface area contributed by atoms with Crippen LogP contribution in [0.15, 0.2) is 43.0 Å². The summed E-state index contributed by atoms with van der Waals surface area (Å²) in [4.78, 5) is 21.8. The van der Waals surface area contributed by atoms with Gasteiger partial charge in [0, 0.05) is 19.5 Å². The van der Waals surface area contributed by atoms with Gasteiger partial charge in [0.05, 0.1) is 36.0 Å². The summed E-state index contributed by atoms with van der Waals surface area (Å²) in [6.45, 7) is -0.844. The van der Waals surface area contributed by atoms with E-state index < -0.39 is 48.5 Å². The Balaban J connectivity index is 1.57. The molecule has 2 aromatic heterocycles. The second-order valence-corrected chi connectivity index (χ2v) is 7.17. The highest BCUT2D eigenvalue weighted by Crippen LogP contribution is 2.36. The summed E-state index contributed by atoms with van der Waals surface area (Å²) in [5.41, 5.74) is -1.35. The van der Waals surface area contributed by atoms with Crippen LogP contribution >= 0.6 is 0 Å². The minimum atomic E-state index is -4.70. The lowest BCUT2D eigenvalue weighted by Gasteiger charge is -2.28. The molecule has 1 N–H and O–H groups in total. The van der Waals surface area contributed by atoms with Crippen LogP contribution < -0.4 is 5.32 Å². The van der Waals surface area contributed by atoms with E-state index in [0.717, 1.165) is 28.0 Å². The topological polar surface area (TPSA) is 88.8 Å². The van der Waals surface area contributed by atoms with Gasteiger partial charge < -0.3 is 10.2 Å². The second-order valence-electron chi connectivity index (χ2n) is 7.17. The lowest BCUT2D eigenvalue weighted by Crippen LogP contribution is -2.47. The fourth-order valence-electron chi connectivity index (χ4n) is 3.44. The van der Waals surface area contributed by atoms with Crippen LogP contribution in [0.3, 0.4) is 0 Å². The molecule has 1 fully saturated rings. The molecule has 0 radical (unpaired) electrons. The molecule has 33 heavy (non-hydrogen) atoms. The van der Waals surface area contributed by atoms with Crippen molar-refractivity contribution < 1.29 is 31.1 Å². The first kappa shape index (κ1) is 22.5. The molecule has 0 spiro atoms. The number of hydrogen-bond acceptors (Lipinski definition) is 6. The van der Waals surface area contributed by atoms with E-state index in [2.05, 4.69) is 25.5 Å². The number of halogens is 6. The van der Waals surface area contributed by atoms with Crippen molar-refractivity contribution in [1.82, 2.24) is 29.9 Å². The average Bonchev–Trinajstić information content (AvgIpc) is 3.39. The van der Waals surface area contributed by atoms with Gasteiger partial charge in [-0.2, -0.15) is 28.2 Å². The number of nitrogens with zero attached hydrogens (tertiary/aromatic N) is 6. The number of alkyl halides is 5. The molecular formula is C19H15F6N7O. The molecule has 0 saturated carbocycles. The highest BCUT2D eigenvalue weighted by molar-refractivity contribution is 5.98. The molecule has 1 aliphatic heterocycles. The lowest BCUT2D eigenvalue weighted by atomic mass is 10.1. The van der Waals surface area contributed by atoms with Gasteiger partial charge in [-0.25, -0.2) is 23.1 Å². The molecule has 4 rings (SSSR count). The lowest BCUT2D eigenvalue weighted by molar-refractivity contribution is -0.141. The van der Waals surface area contributed by atoms with Crippen molar-refractivity contribution in [3.8, 4) is 5.69 Å². The van der Waals surface area contributed by atoms with Gasteiger partial charge in [-0.3, -0.25) is 4.79 Å². The van der Waals surface area contributed by atoms with E-state index in [1.807, 2.05) is 0 Å². The van der Waals surface area contributed by atoms with Crippen LogP contribution in [0, 0.1) is 5.82 Å². The molecule has 14 heteroatoms. The summed E-state index contributed by atoms with van der Waals surface area (Å²) in [6.07, 6.45) is -1.45. The van der Waals surface area contributed by atoms with E-state index in [1.54, 1.807) is 0 Å². The second kappa shape index (κ2) is 8.33. The summed E-state index contributed by atoms with van der Waals surface area (Å²) < 4.78 is 80.9. The molecule has 1 aliphatic rings. The molecule has 0 aliphatic carbocycles. The standard InChI is InChI=1S/C19H15F6N7O/c20-11-1-2-13(32-29-4-5-30-32)12(7-11)17(33)31-6-3-18(21,22)15(31)9-28-16-10-26-14(8-27-16)19(23,24)25/h1-2,4-5,7-8,10,15H,3,6,9H2,(H,27,28). The van der Waals surface area contributed by atoms with E-state index >= 15 is 0 Å². The molecule has 1 amide bonds. The maximum absolute atomic E-state index is 14.6. The van der Waals surface area contributed by atoms with Gasteiger partial charge in [0.2, 0.25) is 0 Å². The van der Waals surface area contributed by atoms with E-state index in [1.165, 1.54) is 18.5 Å². The van der Waals surface area contributed by atoms with Gasteiger partial charge in [-0.1, -0.05) is 0 Å². The summed E-state index contributed by atoms with van der Waals surface area (Å²) in [7, 11) is 0. The number of benzene rings is 1. The molecule has 0 bridgehead atoms. The Bertz CT molecular complexity index is 1130. The quantitative estimate of drug-likeness (QED) is 0.576. The zero-order valence-electron chi connectivity index (χ0n) is 16.6. The predicted molar refractivity (Wildman–Crippen MR) is 101 cm³/mol. The Morgan fingerprint density at radius 3 is 2.52 bits per heavy atom. The molecule has 3 heterocycles. The van der Waals surface area contributed by atoms with Crippen molar-refractivity contribution in [3.05, 3.63) is 60.1 Å². The number of amides is 1. The summed E-state index contributed by atoms with van der Waals surface area (Å²) in [6, 6.07) is 1.57. The number of rotatable bonds is 5. The molecule has 3 aromatic rings. The third kappa shape index (κ3) is 4.59. The first-order valence-electron chi connectivity index (χ1n) is 9.54. The monoisotopic (exact) mass is 471 g/mol. The van der Waals surface area contributed by atoms with Crippen molar-refractivity contribution in [1.29, 1.82) is 0 Å². The smallest absolute Gasteiger partial charge is 0.366 e. The Labute approximate surface area is 182 Å². The molecule has 1 unspecified atom stereocenters. The van der Waals surface area contributed by atoms with Gasteiger partial charge in [0.1, 0.15) is 17.7 Å². The Morgan fingerprint density at radius 2 is 1.88 bits per heavy atom. The zero-order chi connectivity index (χ0) is 23.8. The summed E-state index contributed by atoms with van der Waals surface area (Å²) in [5, 5.41) is 10.3. The minimum absolute atomic E-state index is 0.0990. The number of likely N-dealkylation sites (tertiary alicyclic amines) is 1. The maximum Gasteiger partial charge on any atom is 0.434 e. The maximum atomic E-state index is 14.6. The molecule has 1 aromatic carbocycles. The number of anilines is 1. The third-order valence-electron chi connectivity index (χ3n) is 5.05. The fourth-order valence-corrected chi connectivity index (χ4v) is 3.44. The van der Waals surface area contributed by atoms with Crippen LogP contribution in [0.4, 0.5) is 32.2 Å². The Morgan fingerprint density at radius 1 is 1.15 bits per heavy atom. The van der Waals surface area contributed by atoms with Crippen LogP contribution in [-0.4, -0.2) is 60.8 Å². The van der Waals surface area contributed by atoms with Crippen molar-refractivity contribution in [2.24, 2.45) is 0 Å². The molecule has 1 saturated heterocycles. The number of aromatic nitrogens is 5. The van der Waals surface area contributed by atoms with Crippen LogP contribution in [0.25, 0.3) is 5.69 Å².